The van der Waals surface area contributed by atoms with Gasteiger partial charge in [-0.25, -0.2) is 0 Å². The number of furan rings is 1. The zero-order chi connectivity index (χ0) is 13.4. The Hall–Kier alpha value is -1.84. The lowest BCUT2D eigenvalue weighted by molar-refractivity contribution is 0.0913. The van der Waals surface area contributed by atoms with Crippen LogP contribution in [-0.4, -0.2) is 15.7 Å². The number of nitrogens with zero attached hydrogens (tertiary/aromatic N) is 2. The number of hydrogen-bond acceptors (Lipinski definition) is 3. The third-order valence-electron chi connectivity index (χ3n) is 4.91. The second kappa shape index (κ2) is 3.18. The topological polar surface area (TPSA) is 48.0 Å². The molecule has 0 aliphatic heterocycles. The van der Waals surface area contributed by atoms with Gasteiger partial charge in [-0.15, -0.1) is 0 Å². The minimum Gasteiger partial charge on any atom is -0.459 e. The van der Waals surface area contributed by atoms with Crippen LogP contribution in [0.2, 0.25) is 0 Å². The zero-order valence-electron chi connectivity index (χ0n) is 11.3. The van der Waals surface area contributed by atoms with E-state index in [-0.39, 0.29) is 5.91 Å². The first-order valence-electron chi connectivity index (χ1n) is 6.68. The Bertz CT molecular complexity index is 679. The van der Waals surface area contributed by atoms with Crippen LogP contribution in [0.25, 0.3) is 0 Å². The first-order valence-corrected chi connectivity index (χ1v) is 6.68. The van der Waals surface area contributed by atoms with E-state index in [9.17, 15) is 4.79 Å². The summed E-state index contributed by atoms with van der Waals surface area (Å²) in [7, 11) is 0. The number of fused-ring (bicyclic) bond motifs is 3. The van der Waals surface area contributed by atoms with Gasteiger partial charge in [0.1, 0.15) is 0 Å². The molecule has 0 amide bonds. The molecule has 1 fully saturated rings. The largest absolute Gasteiger partial charge is 0.459 e. The molecule has 0 unspecified atom stereocenters. The summed E-state index contributed by atoms with van der Waals surface area (Å²) in [6.45, 7) is 6.61. The van der Waals surface area contributed by atoms with Gasteiger partial charge < -0.3 is 4.42 Å². The fourth-order valence-corrected chi connectivity index (χ4v) is 3.77. The molecule has 4 rings (SSSR count). The summed E-state index contributed by atoms with van der Waals surface area (Å²) in [6.07, 6.45) is 2.48. The van der Waals surface area contributed by atoms with Crippen LogP contribution in [0.4, 0.5) is 0 Å². The van der Waals surface area contributed by atoms with E-state index in [1.165, 1.54) is 11.8 Å². The first kappa shape index (κ1) is 11.0. The number of rotatable bonds is 1. The first-order chi connectivity index (χ1) is 9.01. The maximum atomic E-state index is 12.4. The van der Waals surface area contributed by atoms with Crippen molar-refractivity contribution in [2.45, 2.75) is 33.1 Å². The molecule has 2 aliphatic carbocycles. The van der Waals surface area contributed by atoms with Crippen LogP contribution in [0.1, 0.15) is 47.3 Å². The van der Waals surface area contributed by atoms with Crippen molar-refractivity contribution in [1.29, 1.82) is 0 Å². The van der Waals surface area contributed by atoms with Crippen LogP contribution in [0, 0.1) is 18.3 Å². The average Bonchev–Trinajstić information content (AvgIpc) is 2.87. The minimum absolute atomic E-state index is 0.159. The highest BCUT2D eigenvalue weighted by Crippen LogP contribution is 2.70. The zero-order valence-corrected chi connectivity index (χ0v) is 11.3. The quantitative estimate of drug-likeness (QED) is 0.788. The third kappa shape index (κ3) is 1.24. The van der Waals surface area contributed by atoms with E-state index < -0.39 is 0 Å². The van der Waals surface area contributed by atoms with Crippen molar-refractivity contribution in [3.8, 4) is 0 Å². The molecule has 0 radical (unpaired) electrons. The van der Waals surface area contributed by atoms with Crippen molar-refractivity contribution in [3.05, 3.63) is 41.1 Å². The average molecular weight is 256 g/mol. The van der Waals surface area contributed by atoms with E-state index in [0.717, 1.165) is 17.8 Å². The third-order valence-corrected chi connectivity index (χ3v) is 4.91. The summed E-state index contributed by atoms with van der Waals surface area (Å²) in [6, 6.07) is 3.41. The highest BCUT2D eigenvalue weighted by atomic mass is 16.3. The summed E-state index contributed by atoms with van der Waals surface area (Å²) >= 11 is 0. The molecule has 0 N–H and O–H groups in total. The molecule has 98 valence electrons. The summed E-state index contributed by atoms with van der Waals surface area (Å²) < 4.78 is 6.73. The van der Waals surface area contributed by atoms with Gasteiger partial charge in [0, 0.05) is 5.56 Å². The smallest absolute Gasteiger partial charge is 0.314 e. The predicted octanol–water partition coefficient (Wildman–Crippen LogP) is 2.77. The van der Waals surface area contributed by atoms with Crippen LogP contribution < -0.4 is 0 Å². The SMILES string of the molecule is Cc1nn(C(=O)c2ccco2)c2c1[C@H]1[C@H](C2)C1(C)C. The van der Waals surface area contributed by atoms with Crippen LogP contribution in [0.3, 0.4) is 0 Å². The molecular weight excluding hydrogens is 240 g/mol. The number of hydrogen-bond donors (Lipinski definition) is 0. The summed E-state index contributed by atoms with van der Waals surface area (Å²) in [5.41, 5.74) is 3.76. The summed E-state index contributed by atoms with van der Waals surface area (Å²) in [4.78, 5) is 12.4. The Balaban J connectivity index is 1.80. The van der Waals surface area contributed by atoms with Gasteiger partial charge in [-0.2, -0.15) is 9.78 Å². The molecule has 1 saturated carbocycles. The lowest BCUT2D eigenvalue weighted by Crippen LogP contribution is -2.17. The highest BCUT2D eigenvalue weighted by molar-refractivity contribution is 5.93. The lowest BCUT2D eigenvalue weighted by atomic mass is 9.98. The van der Waals surface area contributed by atoms with Gasteiger partial charge in [0.05, 0.1) is 17.7 Å². The molecule has 0 spiro atoms. The van der Waals surface area contributed by atoms with Crippen molar-refractivity contribution in [2.75, 3.05) is 0 Å². The van der Waals surface area contributed by atoms with Gasteiger partial charge in [-0.1, -0.05) is 13.8 Å². The van der Waals surface area contributed by atoms with Crippen molar-refractivity contribution >= 4 is 5.91 Å². The number of carbonyl (C=O) groups is 1. The van der Waals surface area contributed by atoms with Gasteiger partial charge in [-0.05, 0) is 42.7 Å². The molecule has 0 bridgehead atoms. The molecular formula is C15H16N2O2. The van der Waals surface area contributed by atoms with Crippen molar-refractivity contribution < 1.29 is 9.21 Å². The minimum atomic E-state index is -0.159. The lowest BCUT2D eigenvalue weighted by Gasteiger charge is -2.09. The number of carbonyl (C=O) groups excluding carboxylic acids is 1. The molecule has 2 atom stereocenters. The van der Waals surface area contributed by atoms with Gasteiger partial charge in [0.25, 0.3) is 0 Å². The van der Waals surface area contributed by atoms with Crippen molar-refractivity contribution in [3.63, 3.8) is 0 Å². The predicted molar refractivity (Wildman–Crippen MR) is 69.1 cm³/mol. The molecule has 0 aromatic carbocycles. The van der Waals surface area contributed by atoms with Crippen LogP contribution in [0.5, 0.6) is 0 Å². The molecule has 0 saturated heterocycles. The Morgan fingerprint density at radius 1 is 1.53 bits per heavy atom. The number of aromatic nitrogens is 2. The molecule has 19 heavy (non-hydrogen) atoms. The monoisotopic (exact) mass is 256 g/mol. The molecule has 2 heterocycles. The molecule has 2 aromatic heterocycles. The van der Waals surface area contributed by atoms with Gasteiger partial charge >= 0.3 is 5.91 Å². The molecule has 2 aliphatic rings. The normalized spacial score (nSPS) is 26.1. The second-order valence-electron chi connectivity index (χ2n) is 6.25. The Morgan fingerprint density at radius 3 is 3.00 bits per heavy atom. The van der Waals surface area contributed by atoms with E-state index in [4.69, 9.17) is 4.42 Å². The Kier molecular flexibility index (Phi) is 1.85. The molecule has 4 heteroatoms. The van der Waals surface area contributed by atoms with E-state index in [1.54, 1.807) is 16.8 Å². The Labute approximate surface area is 111 Å². The fourth-order valence-electron chi connectivity index (χ4n) is 3.77. The van der Waals surface area contributed by atoms with Gasteiger partial charge in [0.2, 0.25) is 0 Å². The Morgan fingerprint density at radius 2 is 2.32 bits per heavy atom. The van der Waals surface area contributed by atoms with E-state index >= 15 is 0 Å². The number of aryl methyl sites for hydroxylation is 1. The maximum absolute atomic E-state index is 12.4. The molecule has 4 nitrogen and oxygen atoms in total. The van der Waals surface area contributed by atoms with E-state index in [2.05, 4.69) is 18.9 Å². The summed E-state index contributed by atoms with van der Waals surface area (Å²) in [5, 5.41) is 4.44. The van der Waals surface area contributed by atoms with E-state index in [1.807, 2.05) is 6.92 Å². The fraction of sp³-hybridized carbons (Fsp3) is 0.467. The van der Waals surface area contributed by atoms with Crippen molar-refractivity contribution in [2.24, 2.45) is 11.3 Å². The van der Waals surface area contributed by atoms with Gasteiger partial charge in [0.15, 0.2) is 5.76 Å². The van der Waals surface area contributed by atoms with Crippen LogP contribution in [-0.2, 0) is 6.42 Å². The maximum Gasteiger partial charge on any atom is 0.314 e. The van der Waals surface area contributed by atoms with Gasteiger partial charge in [-0.3, -0.25) is 4.79 Å². The van der Waals surface area contributed by atoms with Crippen LogP contribution in [0.15, 0.2) is 22.8 Å². The molecule has 2 aromatic rings. The van der Waals surface area contributed by atoms with Crippen LogP contribution >= 0.6 is 0 Å². The van der Waals surface area contributed by atoms with E-state index in [0.29, 0.717) is 23.0 Å². The standard InChI is InChI=1S/C15H16N2O2/c1-8-12-10(7-9-13(12)15(9,2)3)17(16-8)14(18)11-5-4-6-19-11/h4-6,9,13H,7H2,1-3H3/t9-,13+/m0/s1. The summed E-state index contributed by atoms with van der Waals surface area (Å²) in [5.74, 6) is 1.45. The van der Waals surface area contributed by atoms with Crippen molar-refractivity contribution in [1.82, 2.24) is 9.78 Å². The highest BCUT2D eigenvalue weighted by Gasteiger charge is 2.64. The second-order valence-corrected chi connectivity index (χ2v) is 6.25.